The van der Waals surface area contributed by atoms with Gasteiger partial charge < -0.3 is 5.11 Å². The van der Waals surface area contributed by atoms with Gasteiger partial charge in [0, 0.05) is 12.8 Å². The summed E-state index contributed by atoms with van der Waals surface area (Å²) in [5, 5.41) is 14.6. The monoisotopic (exact) mass is 419 g/mol. The molecule has 2 atom stereocenters. The van der Waals surface area contributed by atoms with Crippen LogP contribution in [0.1, 0.15) is 50.4 Å². The second kappa shape index (κ2) is 9.69. The molecule has 30 heavy (non-hydrogen) atoms. The van der Waals surface area contributed by atoms with Gasteiger partial charge in [0.15, 0.2) is 6.21 Å². The van der Waals surface area contributed by atoms with Gasteiger partial charge >= 0.3 is 11.7 Å². The number of amides is 1. The second-order valence-electron chi connectivity index (χ2n) is 7.17. The van der Waals surface area contributed by atoms with Gasteiger partial charge in [-0.05, 0) is 38.0 Å². The first-order valence-electron chi connectivity index (χ1n) is 10.1. The van der Waals surface area contributed by atoms with Crippen LogP contribution < -0.4 is 5.43 Å². The minimum atomic E-state index is -1.51. The smallest absolute Gasteiger partial charge is 0.384 e. The van der Waals surface area contributed by atoms with Crippen LogP contribution in [0.5, 0.6) is 5.75 Å². The highest BCUT2D eigenvalue weighted by atomic mass is 19.1. The number of aromatic hydroxyl groups is 1. The van der Waals surface area contributed by atoms with Crippen LogP contribution in [-0.2, 0) is 4.79 Å². The Kier molecular flexibility index (Phi) is 7.02. The topological polar surface area (TPSA) is 80.1 Å². The minimum absolute atomic E-state index is 0.106. The maximum absolute atomic E-state index is 13.9. The number of carbonyl (C=O) groups is 1. The lowest BCUT2D eigenvalue weighted by atomic mass is 10.0. The Hall–Kier alpha value is -2.97. The summed E-state index contributed by atoms with van der Waals surface area (Å²) in [6.07, 6.45) is 3.63. The first-order chi connectivity index (χ1) is 14.5. The molecule has 9 heteroatoms. The zero-order valence-corrected chi connectivity index (χ0v) is 17.2. The molecule has 2 heterocycles. The van der Waals surface area contributed by atoms with E-state index < -0.39 is 18.8 Å². The van der Waals surface area contributed by atoms with Crippen molar-refractivity contribution in [3.8, 4) is 5.75 Å². The number of benzene rings is 1. The summed E-state index contributed by atoms with van der Waals surface area (Å²) in [6.45, 7) is 4.83. The van der Waals surface area contributed by atoms with Crippen LogP contribution >= 0.6 is 0 Å². The van der Waals surface area contributed by atoms with Crippen LogP contribution in [0.15, 0.2) is 28.3 Å². The summed E-state index contributed by atoms with van der Waals surface area (Å²) < 4.78 is 29.8. The molecule has 1 aromatic carbocycles. The second-order valence-corrected chi connectivity index (χ2v) is 7.17. The Morgan fingerprint density at radius 2 is 2.27 bits per heavy atom. The number of phenolic OH excluding ortho intramolecular Hbond substituents is 1. The van der Waals surface area contributed by atoms with E-state index in [0.29, 0.717) is 0 Å². The molecule has 0 saturated carbocycles. The third-order valence-corrected chi connectivity index (χ3v) is 5.19. The lowest BCUT2D eigenvalue weighted by Crippen LogP contribution is -2.46. The van der Waals surface area contributed by atoms with Crippen LogP contribution in [0, 0.1) is 0 Å². The fraction of sp³-hybridized carbons (Fsp3) is 0.476. The SMILES string of the molecule is CC=[N+]1C(=O)C(=N[C@H]2C=[N+](CC)CCC2)NN=C1c1ccc(C(F)CCF)cc1O. The Morgan fingerprint density at radius 3 is 2.93 bits per heavy atom. The molecule has 7 nitrogen and oxygen atoms in total. The molecule has 1 aromatic rings. The standard InChI is InChI=1S/C21H25F2N5O2/c1-3-27-11-5-6-15(13-27)24-19-21(30)28(4-2)20(26-25-19)16-8-7-14(12-18(16)29)17(23)9-10-22/h4,7-8,12-13,15,17H,3,5-6,9-11H2,1-2H3/p+2/t15-,17?/m1/s1. The maximum atomic E-state index is 13.9. The van der Waals surface area contributed by atoms with Crippen molar-refractivity contribution >= 4 is 30.0 Å². The van der Waals surface area contributed by atoms with Gasteiger partial charge in [0.1, 0.15) is 36.6 Å². The van der Waals surface area contributed by atoms with E-state index in [2.05, 4.69) is 27.0 Å². The zero-order valence-electron chi connectivity index (χ0n) is 17.2. The maximum Gasteiger partial charge on any atom is 0.384 e. The van der Waals surface area contributed by atoms with Gasteiger partial charge in [0.2, 0.25) is 0 Å². The van der Waals surface area contributed by atoms with E-state index >= 15 is 0 Å². The summed E-state index contributed by atoms with van der Waals surface area (Å²) in [7, 11) is 0. The third-order valence-electron chi connectivity index (χ3n) is 5.19. The van der Waals surface area contributed by atoms with Gasteiger partial charge in [0.05, 0.1) is 18.0 Å². The molecule has 2 N–H and O–H groups in total. The average molecular weight is 419 g/mol. The molecular weight excluding hydrogens is 392 g/mol. The third kappa shape index (κ3) is 4.60. The molecule has 0 radical (unpaired) electrons. The summed E-state index contributed by atoms with van der Waals surface area (Å²) >= 11 is 0. The Labute approximate surface area is 174 Å². The molecule has 0 saturated heterocycles. The first-order valence-corrected chi connectivity index (χ1v) is 10.1. The molecule has 160 valence electrons. The molecule has 0 spiro atoms. The van der Waals surface area contributed by atoms with Crippen molar-refractivity contribution in [1.82, 2.24) is 5.43 Å². The quantitative estimate of drug-likeness (QED) is 0.695. The van der Waals surface area contributed by atoms with Crippen molar-refractivity contribution in [1.29, 1.82) is 0 Å². The number of phenols is 1. The van der Waals surface area contributed by atoms with E-state index in [4.69, 9.17) is 0 Å². The van der Waals surface area contributed by atoms with E-state index in [1.54, 1.807) is 6.92 Å². The molecule has 0 aromatic heterocycles. The van der Waals surface area contributed by atoms with Crippen LogP contribution in [0.25, 0.3) is 0 Å². The predicted octanol–water partition coefficient (Wildman–Crippen LogP) is 2.32. The summed E-state index contributed by atoms with van der Waals surface area (Å²) in [5.74, 6) is -0.337. The first kappa shape index (κ1) is 21.7. The Balaban J connectivity index is 1.89. The number of hydrogen-bond donors (Lipinski definition) is 2. The molecule has 0 bridgehead atoms. The van der Waals surface area contributed by atoms with Crippen molar-refractivity contribution in [3.05, 3.63) is 29.3 Å². The molecule has 3 rings (SSSR count). The van der Waals surface area contributed by atoms with Gasteiger partial charge in [-0.2, -0.15) is 10.0 Å². The molecular formula is C21H27F2N5O2+2. The fourth-order valence-electron chi connectivity index (χ4n) is 3.55. The van der Waals surface area contributed by atoms with Crippen molar-refractivity contribution < 1.29 is 27.8 Å². The molecule has 0 fully saturated rings. The van der Waals surface area contributed by atoms with Gasteiger partial charge in [0.25, 0.3) is 5.84 Å². The number of hydrogen-bond acceptors (Lipinski definition) is 4. The molecule has 2 aliphatic rings. The number of nitrogens with zero attached hydrogens (tertiary/aromatic N) is 4. The minimum Gasteiger partial charge on any atom is -0.507 e. The van der Waals surface area contributed by atoms with Gasteiger partial charge in [-0.3, -0.25) is 4.39 Å². The largest absolute Gasteiger partial charge is 0.507 e. The number of hydrazone groups is 1. The molecule has 0 aliphatic carbocycles. The molecule has 2 aliphatic heterocycles. The van der Waals surface area contributed by atoms with Crippen LogP contribution in [-0.4, -0.2) is 70.1 Å². The van der Waals surface area contributed by atoms with E-state index in [1.165, 1.54) is 29.0 Å². The van der Waals surface area contributed by atoms with E-state index in [-0.39, 0.29) is 41.0 Å². The number of rotatable bonds is 6. The number of nitrogens with one attached hydrogen (secondary N) is 1. The average Bonchev–Trinajstić information content (AvgIpc) is 2.75. The van der Waals surface area contributed by atoms with Crippen molar-refractivity contribution in [2.75, 3.05) is 19.8 Å². The zero-order chi connectivity index (χ0) is 21.7. The Morgan fingerprint density at radius 1 is 1.47 bits per heavy atom. The van der Waals surface area contributed by atoms with Gasteiger partial charge in [-0.15, -0.1) is 0 Å². The lowest BCUT2D eigenvalue weighted by molar-refractivity contribution is -0.525. The van der Waals surface area contributed by atoms with Crippen molar-refractivity contribution in [2.24, 2.45) is 10.1 Å². The molecule has 1 unspecified atom stereocenters. The number of amidine groups is 2. The fourth-order valence-corrected chi connectivity index (χ4v) is 3.55. The summed E-state index contributed by atoms with van der Waals surface area (Å²) in [6, 6.07) is 4.05. The van der Waals surface area contributed by atoms with E-state index in [1.807, 2.05) is 6.21 Å². The predicted molar refractivity (Wildman–Crippen MR) is 111 cm³/mol. The lowest BCUT2D eigenvalue weighted by Gasteiger charge is -2.16. The molecule has 1 amide bonds. The number of carbonyl (C=O) groups excluding carboxylic acids is 1. The number of halogens is 2. The highest BCUT2D eigenvalue weighted by Gasteiger charge is 2.36. The van der Waals surface area contributed by atoms with Crippen LogP contribution in [0.2, 0.25) is 0 Å². The van der Waals surface area contributed by atoms with Crippen molar-refractivity contribution in [2.45, 2.75) is 45.3 Å². The van der Waals surface area contributed by atoms with Crippen molar-refractivity contribution in [3.63, 3.8) is 0 Å². The van der Waals surface area contributed by atoms with Gasteiger partial charge in [-0.1, -0.05) is 6.07 Å². The van der Waals surface area contributed by atoms with Crippen LogP contribution in [0.4, 0.5) is 8.78 Å². The normalized spacial score (nSPS) is 23.2. The number of aliphatic imine (C=N–C) groups is 1. The number of alkyl halides is 2. The van der Waals surface area contributed by atoms with E-state index in [9.17, 15) is 18.7 Å². The summed E-state index contributed by atoms with van der Waals surface area (Å²) in [4.78, 5) is 17.5. The van der Waals surface area contributed by atoms with Gasteiger partial charge in [-0.25, -0.2) is 18.8 Å². The highest BCUT2D eigenvalue weighted by molar-refractivity contribution is 6.38. The van der Waals surface area contributed by atoms with Crippen LogP contribution in [0.3, 0.4) is 0 Å². The highest BCUT2D eigenvalue weighted by Crippen LogP contribution is 2.28. The Bertz CT molecular complexity index is 939. The summed E-state index contributed by atoms with van der Waals surface area (Å²) in [5.41, 5.74) is 3.13. The van der Waals surface area contributed by atoms with E-state index in [0.717, 1.165) is 25.9 Å².